The van der Waals surface area contributed by atoms with Gasteiger partial charge in [-0.3, -0.25) is 9.78 Å². The number of aryl methyl sites for hydroxylation is 1. The Kier molecular flexibility index (Phi) is 4.44. The van der Waals surface area contributed by atoms with Crippen LogP contribution >= 0.6 is 0 Å². The lowest BCUT2D eigenvalue weighted by atomic mass is 9.89. The van der Waals surface area contributed by atoms with Gasteiger partial charge in [0.05, 0.1) is 6.04 Å². The van der Waals surface area contributed by atoms with Crippen molar-refractivity contribution in [3.8, 4) is 11.1 Å². The number of amides is 1. The molecule has 0 saturated heterocycles. The second-order valence-electron chi connectivity index (χ2n) is 7.44. The predicted molar refractivity (Wildman–Crippen MR) is 97.7 cm³/mol. The molecule has 0 radical (unpaired) electrons. The van der Waals surface area contributed by atoms with Gasteiger partial charge in [-0.2, -0.15) is 4.39 Å². The van der Waals surface area contributed by atoms with Crippen LogP contribution in [0.5, 0.6) is 0 Å². The van der Waals surface area contributed by atoms with Crippen LogP contribution in [-0.4, -0.2) is 21.9 Å². The first kappa shape index (κ1) is 17.1. The van der Waals surface area contributed by atoms with Crippen molar-refractivity contribution in [1.82, 2.24) is 9.97 Å². The summed E-state index contributed by atoms with van der Waals surface area (Å²) in [6.07, 6.45) is 6.31. The molecule has 2 fully saturated rings. The van der Waals surface area contributed by atoms with E-state index in [0.717, 1.165) is 31.4 Å². The number of pyridine rings is 2. The molecule has 2 aliphatic carbocycles. The minimum Gasteiger partial charge on any atom is -0.320 e. The van der Waals surface area contributed by atoms with Crippen LogP contribution in [0.4, 0.5) is 10.2 Å². The monoisotopic (exact) mass is 354 g/mol. The number of halogens is 1. The number of anilines is 1. The van der Waals surface area contributed by atoms with Gasteiger partial charge in [-0.05, 0) is 68.6 Å². The number of nitrogens with two attached hydrogens (primary N) is 1. The lowest BCUT2D eigenvalue weighted by Gasteiger charge is -2.22. The van der Waals surface area contributed by atoms with E-state index in [1.54, 1.807) is 30.5 Å². The number of carbonyl (C=O) groups is 1. The molecule has 2 aromatic heterocycles. The zero-order valence-electron chi connectivity index (χ0n) is 14.8. The fourth-order valence-corrected chi connectivity index (χ4v) is 3.79. The summed E-state index contributed by atoms with van der Waals surface area (Å²) < 4.78 is 14.5. The number of nitrogens with zero attached hydrogens (tertiary/aromatic N) is 2. The molecular weight excluding hydrogens is 331 g/mol. The molecule has 0 spiro atoms. The fourth-order valence-electron chi connectivity index (χ4n) is 3.79. The zero-order chi connectivity index (χ0) is 18.3. The highest BCUT2D eigenvalue weighted by molar-refractivity contribution is 5.94. The third-order valence-electron chi connectivity index (χ3n) is 5.45. The van der Waals surface area contributed by atoms with Gasteiger partial charge < -0.3 is 11.1 Å². The summed E-state index contributed by atoms with van der Waals surface area (Å²) in [6, 6.07) is 6.23. The summed E-state index contributed by atoms with van der Waals surface area (Å²) in [4.78, 5) is 20.6. The van der Waals surface area contributed by atoms with Crippen LogP contribution < -0.4 is 11.1 Å². The number of aromatic nitrogens is 2. The molecule has 2 aromatic rings. The van der Waals surface area contributed by atoms with E-state index in [-0.39, 0.29) is 17.6 Å². The Morgan fingerprint density at radius 3 is 2.46 bits per heavy atom. The Labute approximate surface area is 152 Å². The Balaban J connectivity index is 1.49. The number of nitrogens with one attached hydrogen (secondary N) is 1. The maximum absolute atomic E-state index is 14.5. The summed E-state index contributed by atoms with van der Waals surface area (Å²) in [5, 5.41) is 2.69. The highest BCUT2D eigenvalue weighted by Gasteiger charge is 2.46. The first-order valence-electron chi connectivity index (χ1n) is 9.19. The van der Waals surface area contributed by atoms with Gasteiger partial charge in [0.2, 0.25) is 11.9 Å². The lowest BCUT2D eigenvalue weighted by molar-refractivity contribution is -0.118. The Morgan fingerprint density at radius 2 is 1.88 bits per heavy atom. The zero-order valence-corrected chi connectivity index (χ0v) is 14.8. The largest absolute Gasteiger partial charge is 0.320 e. The van der Waals surface area contributed by atoms with E-state index in [4.69, 9.17) is 5.73 Å². The highest BCUT2D eigenvalue weighted by atomic mass is 19.1. The van der Waals surface area contributed by atoms with Crippen LogP contribution in [0, 0.1) is 30.6 Å². The molecule has 0 bridgehead atoms. The van der Waals surface area contributed by atoms with Crippen LogP contribution in [0.1, 0.15) is 31.4 Å². The molecule has 6 heteroatoms. The summed E-state index contributed by atoms with van der Waals surface area (Å²) in [5.74, 6) is 0.683. The average molecular weight is 354 g/mol. The molecule has 1 amide bonds. The van der Waals surface area contributed by atoms with Gasteiger partial charge in [0.1, 0.15) is 5.82 Å². The highest BCUT2D eigenvalue weighted by Crippen LogP contribution is 2.50. The maximum Gasteiger partial charge on any atom is 0.242 e. The molecule has 136 valence electrons. The van der Waals surface area contributed by atoms with Gasteiger partial charge in [0.25, 0.3) is 0 Å². The van der Waals surface area contributed by atoms with Gasteiger partial charge in [-0.15, -0.1) is 0 Å². The molecule has 4 rings (SSSR count). The minimum atomic E-state index is -0.631. The molecule has 26 heavy (non-hydrogen) atoms. The Bertz CT molecular complexity index is 820. The van der Waals surface area contributed by atoms with Gasteiger partial charge in [0, 0.05) is 23.0 Å². The van der Waals surface area contributed by atoms with Crippen LogP contribution in [0.25, 0.3) is 11.1 Å². The van der Waals surface area contributed by atoms with Crippen molar-refractivity contribution in [3.63, 3.8) is 0 Å². The minimum absolute atomic E-state index is 0.193. The molecule has 2 aliphatic rings. The normalized spacial score (nSPS) is 18.0. The lowest BCUT2D eigenvalue weighted by Crippen LogP contribution is -2.44. The van der Waals surface area contributed by atoms with E-state index < -0.39 is 12.0 Å². The fraction of sp³-hybridized carbons (Fsp3) is 0.450. The molecule has 3 N–H and O–H groups in total. The third-order valence-corrected chi connectivity index (χ3v) is 5.45. The molecule has 5 nitrogen and oxygen atoms in total. The Hall–Kier alpha value is -2.34. The van der Waals surface area contributed by atoms with E-state index in [2.05, 4.69) is 15.3 Å². The topological polar surface area (TPSA) is 80.9 Å². The second kappa shape index (κ2) is 6.76. The Morgan fingerprint density at radius 1 is 1.19 bits per heavy atom. The van der Waals surface area contributed by atoms with E-state index in [9.17, 15) is 9.18 Å². The first-order chi connectivity index (χ1) is 12.5. The van der Waals surface area contributed by atoms with Crippen molar-refractivity contribution in [3.05, 3.63) is 42.1 Å². The van der Waals surface area contributed by atoms with Gasteiger partial charge in [-0.25, -0.2) is 4.98 Å². The van der Waals surface area contributed by atoms with Gasteiger partial charge >= 0.3 is 0 Å². The predicted octanol–water partition coefficient (Wildman–Crippen LogP) is 3.29. The molecule has 1 atom stereocenters. The van der Waals surface area contributed by atoms with Crippen LogP contribution in [0.2, 0.25) is 0 Å². The van der Waals surface area contributed by atoms with Crippen molar-refractivity contribution >= 4 is 11.7 Å². The van der Waals surface area contributed by atoms with E-state index in [1.807, 2.05) is 6.92 Å². The summed E-state index contributed by atoms with van der Waals surface area (Å²) >= 11 is 0. The molecule has 0 aromatic carbocycles. The standard InChI is InChI=1S/C20H23FN4O/c1-11-14(3-2-10-23-11)15-8-9-16(24-19(15)21)25-20(26)18(22)17(12-4-5-12)13-6-7-13/h2-3,8-10,12-13,17-18H,4-7,22H2,1H3,(H,24,25,26)/t18-/m0/s1. The molecule has 2 heterocycles. The number of hydrogen-bond donors (Lipinski definition) is 2. The molecule has 2 saturated carbocycles. The number of hydrogen-bond acceptors (Lipinski definition) is 4. The smallest absolute Gasteiger partial charge is 0.242 e. The van der Waals surface area contributed by atoms with Crippen LogP contribution in [0.3, 0.4) is 0 Å². The summed E-state index contributed by atoms with van der Waals surface area (Å²) in [7, 11) is 0. The van der Waals surface area contributed by atoms with E-state index in [0.29, 0.717) is 23.0 Å². The van der Waals surface area contributed by atoms with Crippen molar-refractivity contribution < 1.29 is 9.18 Å². The summed E-state index contributed by atoms with van der Waals surface area (Å²) in [6.45, 7) is 1.82. The second-order valence-corrected chi connectivity index (χ2v) is 7.44. The average Bonchev–Trinajstić information content (AvgIpc) is 3.51. The quantitative estimate of drug-likeness (QED) is 0.780. The van der Waals surface area contributed by atoms with Gasteiger partial charge in [0.15, 0.2) is 0 Å². The van der Waals surface area contributed by atoms with Crippen LogP contribution in [-0.2, 0) is 4.79 Å². The number of rotatable bonds is 6. The third kappa shape index (κ3) is 3.46. The molecule has 0 unspecified atom stereocenters. The van der Waals surface area contributed by atoms with E-state index in [1.165, 1.54) is 0 Å². The number of carbonyl (C=O) groups excluding carboxylic acids is 1. The van der Waals surface area contributed by atoms with Gasteiger partial charge in [-0.1, -0.05) is 6.07 Å². The van der Waals surface area contributed by atoms with Crippen molar-refractivity contribution in [2.75, 3.05) is 5.32 Å². The van der Waals surface area contributed by atoms with E-state index >= 15 is 0 Å². The SMILES string of the molecule is Cc1ncccc1-c1ccc(NC(=O)[C@@H](N)C(C2CC2)C2CC2)nc1F. The maximum atomic E-state index is 14.5. The van der Waals surface area contributed by atoms with Crippen molar-refractivity contribution in [2.45, 2.75) is 38.6 Å². The van der Waals surface area contributed by atoms with Crippen LogP contribution in [0.15, 0.2) is 30.5 Å². The molecular formula is C20H23FN4O. The van der Waals surface area contributed by atoms with Crippen molar-refractivity contribution in [2.24, 2.45) is 23.5 Å². The van der Waals surface area contributed by atoms with Crippen molar-refractivity contribution in [1.29, 1.82) is 0 Å². The first-order valence-corrected chi connectivity index (χ1v) is 9.19. The summed E-state index contributed by atoms with van der Waals surface area (Å²) in [5.41, 5.74) is 8.01. The molecule has 0 aliphatic heterocycles.